The SMILES string of the molecule is CCCNC1CC(c2nccs2)C1(CC)CC. The first kappa shape index (κ1) is 13.0. The number of hydrogen-bond donors (Lipinski definition) is 1. The van der Waals surface area contributed by atoms with Gasteiger partial charge in [0.05, 0.1) is 5.01 Å². The summed E-state index contributed by atoms with van der Waals surface area (Å²) in [6.45, 7) is 8.06. The Labute approximate surface area is 109 Å². The molecule has 1 aliphatic carbocycles. The van der Waals surface area contributed by atoms with Crippen LogP contribution in [0.15, 0.2) is 11.6 Å². The predicted molar refractivity (Wildman–Crippen MR) is 74.6 cm³/mol. The fourth-order valence-electron chi connectivity index (χ4n) is 3.38. The zero-order chi connectivity index (χ0) is 12.3. The first-order valence-corrected chi connectivity index (χ1v) is 7.79. The van der Waals surface area contributed by atoms with Gasteiger partial charge in [0, 0.05) is 23.5 Å². The number of rotatable bonds is 6. The van der Waals surface area contributed by atoms with Gasteiger partial charge in [-0.15, -0.1) is 11.3 Å². The molecule has 1 N–H and O–H groups in total. The van der Waals surface area contributed by atoms with E-state index in [0.29, 0.717) is 17.4 Å². The number of hydrogen-bond acceptors (Lipinski definition) is 3. The summed E-state index contributed by atoms with van der Waals surface area (Å²) >= 11 is 1.83. The summed E-state index contributed by atoms with van der Waals surface area (Å²) in [5.74, 6) is 0.687. The second-order valence-electron chi connectivity index (χ2n) is 5.11. The molecule has 1 aromatic heterocycles. The van der Waals surface area contributed by atoms with E-state index in [1.807, 2.05) is 17.5 Å². The highest BCUT2D eigenvalue weighted by Gasteiger charge is 2.53. The minimum atomic E-state index is 0.451. The zero-order valence-corrected chi connectivity index (χ0v) is 12.0. The maximum atomic E-state index is 4.53. The molecular weight excluding hydrogens is 228 g/mol. The van der Waals surface area contributed by atoms with Crippen molar-refractivity contribution >= 4 is 11.3 Å². The van der Waals surface area contributed by atoms with Crippen LogP contribution in [0.5, 0.6) is 0 Å². The summed E-state index contributed by atoms with van der Waals surface area (Å²) in [5.41, 5.74) is 0.451. The molecule has 2 rings (SSSR count). The third kappa shape index (κ3) is 2.15. The molecule has 96 valence electrons. The molecule has 0 bridgehead atoms. The molecule has 1 saturated carbocycles. The lowest BCUT2D eigenvalue weighted by atomic mass is 9.54. The average molecular weight is 252 g/mol. The number of nitrogens with zero attached hydrogens (tertiary/aromatic N) is 1. The topological polar surface area (TPSA) is 24.9 Å². The maximum absolute atomic E-state index is 4.53. The molecule has 0 radical (unpaired) electrons. The summed E-state index contributed by atoms with van der Waals surface area (Å²) < 4.78 is 0. The van der Waals surface area contributed by atoms with E-state index in [-0.39, 0.29) is 0 Å². The molecule has 0 aliphatic heterocycles. The van der Waals surface area contributed by atoms with Crippen LogP contribution in [0.2, 0.25) is 0 Å². The predicted octanol–water partition coefficient (Wildman–Crippen LogP) is 3.81. The largest absolute Gasteiger partial charge is 0.313 e. The molecule has 17 heavy (non-hydrogen) atoms. The monoisotopic (exact) mass is 252 g/mol. The van der Waals surface area contributed by atoms with Crippen molar-refractivity contribution in [3.8, 4) is 0 Å². The van der Waals surface area contributed by atoms with Crippen molar-refractivity contribution in [2.45, 2.75) is 58.4 Å². The van der Waals surface area contributed by atoms with Crippen molar-refractivity contribution in [2.75, 3.05) is 6.54 Å². The summed E-state index contributed by atoms with van der Waals surface area (Å²) in [5, 5.41) is 7.19. The highest BCUT2D eigenvalue weighted by Crippen LogP contribution is 2.57. The van der Waals surface area contributed by atoms with Gasteiger partial charge in [0.25, 0.3) is 0 Å². The highest BCUT2D eigenvalue weighted by atomic mass is 32.1. The molecule has 2 unspecified atom stereocenters. The molecule has 0 saturated heterocycles. The molecule has 3 heteroatoms. The molecule has 0 amide bonds. The zero-order valence-electron chi connectivity index (χ0n) is 11.2. The number of aromatic nitrogens is 1. The van der Waals surface area contributed by atoms with Gasteiger partial charge in [-0.2, -0.15) is 0 Å². The molecule has 1 heterocycles. The molecular formula is C14H24N2S. The van der Waals surface area contributed by atoms with E-state index in [9.17, 15) is 0 Å². The molecule has 1 fully saturated rings. The fraction of sp³-hybridized carbons (Fsp3) is 0.786. The van der Waals surface area contributed by atoms with Gasteiger partial charge < -0.3 is 5.32 Å². The Morgan fingerprint density at radius 2 is 2.18 bits per heavy atom. The number of thiazole rings is 1. The van der Waals surface area contributed by atoms with Gasteiger partial charge in [-0.05, 0) is 37.6 Å². The van der Waals surface area contributed by atoms with Gasteiger partial charge in [-0.25, -0.2) is 4.98 Å². The first-order valence-electron chi connectivity index (χ1n) is 6.91. The third-order valence-corrected chi connectivity index (χ3v) is 5.46. The molecule has 2 atom stereocenters. The van der Waals surface area contributed by atoms with Gasteiger partial charge in [0.15, 0.2) is 0 Å². The van der Waals surface area contributed by atoms with E-state index in [4.69, 9.17) is 0 Å². The Hall–Kier alpha value is -0.410. The Bertz CT molecular complexity index is 330. The van der Waals surface area contributed by atoms with Crippen LogP contribution in [0.1, 0.15) is 57.4 Å². The Kier molecular flexibility index (Phi) is 4.21. The smallest absolute Gasteiger partial charge is 0.0962 e. The minimum Gasteiger partial charge on any atom is -0.313 e. The molecule has 1 aliphatic rings. The standard InChI is InChI=1S/C14H24N2S/c1-4-7-15-12-10-11(13-16-8-9-17-13)14(12,5-2)6-3/h8-9,11-12,15H,4-7,10H2,1-3H3. The van der Waals surface area contributed by atoms with Gasteiger partial charge >= 0.3 is 0 Å². The Balaban J connectivity index is 2.10. The minimum absolute atomic E-state index is 0.451. The van der Waals surface area contributed by atoms with Crippen LogP contribution in [-0.4, -0.2) is 17.6 Å². The van der Waals surface area contributed by atoms with Crippen LogP contribution in [-0.2, 0) is 0 Å². The second-order valence-corrected chi connectivity index (χ2v) is 6.03. The van der Waals surface area contributed by atoms with E-state index in [2.05, 4.69) is 36.5 Å². The van der Waals surface area contributed by atoms with Crippen LogP contribution in [0, 0.1) is 5.41 Å². The highest BCUT2D eigenvalue weighted by molar-refractivity contribution is 7.09. The van der Waals surface area contributed by atoms with E-state index in [1.54, 1.807) is 0 Å². The molecule has 0 spiro atoms. The number of nitrogens with one attached hydrogen (secondary N) is 1. The van der Waals surface area contributed by atoms with Gasteiger partial charge in [0.1, 0.15) is 0 Å². The average Bonchev–Trinajstić information content (AvgIpc) is 2.83. The van der Waals surface area contributed by atoms with Gasteiger partial charge in [0.2, 0.25) is 0 Å². The van der Waals surface area contributed by atoms with E-state index >= 15 is 0 Å². The normalized spacial score (nSPS) is 26.8. The van der Waals surface area contributed by atoms with Crippen molar-refractivity contribution in [3.05, 3.63) is 16.6 Å². The quantitative estimate of drug-likeness (QED) is 0.833. The van der Waals surface area contributed by atoms with Gasteiger partial charge in [-0.1, -0.05) is 20.8 Å². The van der Waals surface area contributed by atoms with Crippen molar-refractivity contribution in [1.82, 2.24) is 10.3 Å². The van der Waals surface area contributed by atoms with Crippen LogP contribution < -0.4 is 5.32 Å². The van der Waals surface area contributed by atoms with Crippen molar-refractivity contribution < 1.29 is 0 Å². The van der Waals surface area contributed by atoms with Crippen molar-refractivity contribution in [2.24, 2.45) is 5.41 Å². The lowest BCUT2D eigenvalue weighted by molar-refractivity contribution is 0.0201. The van der Waals surface area contributed by atoms with E-state index in [0.717, 1.165) is 6.54 Å². The van der Waals surface area contributed by atoms with Crippen molar-refractivity contribution in [1.29, 1.82) is 0 Å². The molecule has 1 aromatic rings. The van der Waals surface area contributed by atoms with Crippen LogP contribution in [0.25, 0.3) is 0 Å². The second kappa shape index (κ2) is 5.49. The maximum Gasteiger partial charge on any atom is 0.0962 e. The van der Waals surface area contributed by atoms with Crippen LogP contribution in [0.4, 0.5) is 0 Å². The lowest BCUT2D eigenvalue weighted by Gasteiger charge is -2.55. The Morgan fingerprint density at radius 1 is 1.41 bits per heavy atom. The summed E-state index contributed by atoms with van der Waals surface area (Å²) in [4.78, 5) is 4.53. The first-order chi connectivity index (χ1) is 8.28. The van der Waals surface area contributed by atoms with E-state index < -0.39 is 0 Å². The summed E-state index contributed by atoms with van der Waals surface area (Å²) in [7, 11) is 0. The van der Waals surface area contributed by atoms with Crippen LogP contribution >= 0.6 is 11.3 Å². The molecule has 0 aromatic carbocycles. The van der Waals surface area contributed by atoms with Crippen molar-refractivity contribution in [3.63, 3.8) is 0 Å². The molecule has 2 nitrogen and oxygen atoms in total. The summed E-state index contributed by atoms with van der Waals surface area (Å²) in [6, 6.07) is 0.700. The Morgan fingerprint density at radius 3 is 2.71 bits per heavy atom. The van der Waals surface area contributed by atoms with Gasteiger partial charge in [-0.3, -0.25) is 0 Å². The van der Waals surface area contributed by atoms with E-state index in [1.165, 1.54) is 30.7 Å². The lowest BCUT2D eigenvalue weighted by Crippen LogP contribution is -2.58. The third-order valence-electron chi connectivity index (χ3n) is 4.57. The summed E-state index contributed by atoms with van der Waals surface area (Å²) in [6.07, 6.45) is 6.96. The van der Waals surface area contributed by atoms with Crippen LogP contribution in [0.3, 0.4) is 0 Å². The fourth-order valence-corrected chi connectivity index (χ4v) is 4.26.